The molecule has 0 saturated carbocycles. The number of nitrogens with one attached hydrogen (secondary N) is 1. The van der Waals surface area contributed by atoms with E-state index in [-0.39, 0.29) is 30.0 Å². The van der Waals surface area contributed by atoms with Crippen molar-refractivity contribution >= 4 is 39.1 Å². The lowest BCUT2D eigenvalue weighted by Gasteiger charge is -2.27. The van der Waals surface area contributed by atoms with Gasteiger partial charge in [0, 0.05) is 50.1 Å². The van der Waals surface area contributed by atoms with Gasteiger partial charge < -0.3 is 26.4 Å². The number of aromatic nitrogens is 3. The molecule has 0 bridgehead atoms. The summed E-state index contributed by atoms with van der Waals surface area (Å²) >= 11 is 1.29. The van der Waals surface area contributed by atoms with Crippen LogP contribution < -0.4 is 21.7 Å². The fourth-order valence-corrected chi connectivity index (χ4v) is 6.00. The van der Waals surface area contributed by atoms with Crippen molar-refractivity contribution in [3.05, 3.63) is 40.2 Å². The second kappa shape index (κ2) is 9.09. The van der Waals surface area contributed by atoms with Crippen LogP contribution in [0.2, 0.25) is 0 Å². The lowest BCUT2D eigenvalue weighted by Crippen LogP contribution is -2.39. The van der Waals surface area contributed by atoms with Gasteiger partial charge in [-0.25, -0.2) is 15.0 Å². The lowest BCUT2D eigenvalue weighted by atomic mass is 9.91. The summed E-state index contributed by atoms with van der Waals surface area (Å²) < 4.78 is 5.51. The monoisotopic (exact) mass is 481 g/mol. The summed E-state index contributed by atoms with van der Waals surface area (Å²) in [5.41, 5.74) is 16.7. The van der Waals surface area contributed by atoms with Crippen LogP contribution in [0.5, 0.6) is 0 Å². The Morgan fingerprint density at radius 3 is 2.94 bits per heavy atom. The van der Waals surface area contributed by atoms with Gasteiger partial charge in [0.2, 0.25) is 0 Å². The van der Waals surface area contributed by atoms with E-state index in [1.54, 1.807) is 13.3 Å². The van der Waals surface area contributed by atoms with E-state index in [9.17, 15) is 4.79 Å². The Labute approximate surface area is 202 Å². The minimum atomic E-state index is -0.164. The maximum atomic E-state index is 13.0. The number of nitrogens with two attached hydrogens (primary N) is 2. The number of thiophene rings is 1. The van der Waals surface area contributed by atoms with Gasteiger partial charge in [0.05, 0.1) is 17.5 Å². The number of carbonyl (C=O) groups excluding carboxylic acids is 1. The summed E-state index contributed by atoms with van der Waals surface area (Å²) in [6.07, 6.45) is 4.18. The van der Waals surface area contributed by atoms with Crippen molar-refractivity contribution in [2.75, 3.05) is 30.8 Å². The van der Waals surface area contributed by atoms with Crippen molar-refractivity contribution in [1.82, 2.24) is 20.3 Å². The number of aryl methyl sites for hydroxylation is 2. The van der Waals surface area contributed by atoms with Gasteiger partial charge in [0.15, 0.2) is 0 Å². The van der Waals surface area contributed by atoms with Gasteiger partial charge in [-0.05, 0) is 44.7 Å². The molecule has 4 atom stereocenters. The number of nitrogen functional groups attached to an aromatic ring is 1. The molecule has 180 valence electrons. The smallest absolute Gasteiger partial charge is 0.263 e. The number of pyridine rings is 1. The molecular weight excluding hydrogens is 450 g/mol. The number of anilines is 2. The molecule has 0 spiro atoms. The number of methoxy groups -OCH3 is 1. The van der Waals surface area contributed by atoms with Gasteiger partial charge in [0.25, 0.3) is 5.91 Å². The van der Waals surface area contributed by atoms with Crippen molar-refractivity contribution in [3.63, 3.8) is 0 Å². The second-order valence-corrected chi connectivity index (χ2v) is 10.4. The van der Waals surface area contributed by atoms with Gasteiger partial charge in [-0.1, -0.05) is 6.07 Å². The molecule has 3 aromatic rings. The topological polar surface area (TPSA) is 132 Å². The predicted molar refractivity (Wildman–Crippen MR) is 134 cm³/mol. The number of fused-ring (bicyclic) bond motifs is 2. The molecule has 1 amide bonds. The molecule has 1 aliphatic carbocycles. The molecule has 4 heterocycles. The number of hydrogen-bond donors (Lipinski definition) is 3. The van der Waals surface area contributed by atoms with E-state index in [1.807, 2.05) is 6.92 Å². The minimum absolute atomic E-state index is 0.0343. The normalized spacial score (nSPS) is 23.2. The maximum Gasteiger partial charge on any atom is 0.263 e. The highest BCUT2D eigenvalue weighted by Crippen LogP contribution is 2.32. The van der Waals surface area contributed by atoms with E-state index in [1.165, 1.54) is 16.9 Å². The van der Waals surface area contributed by atoms with Gasteiger partial charge in [-0.2, -0.15) is 0 Å². The zero-order valence-electron chi connectivity index (χ0n) is 19.7. The van der Waals surface area contributed by atoms with Crippen LogP contribution in [0.4, 0.5) is 11.5 Å². The summed E-state index contributed by atoms with van der Waals surface area (Å²) in [7, 11) is 1.73. The Balaban J connectivity index is 1.26. The van der Waals surface area contributed by atoms with Crippen LogP contribution >= 0.6 is 11.3 Å². The quantitative estimate of drug-likeness (QED) is 0.504. The molecule has 5 N–H and O–H groups in total. The largest absolute Gasteiger partial charge is 0.396 e. The van der Waals surface area contributed by atoms with Gasteiger partial charge in [0.1, 0.15) is 21.0 Å². The van der Waals surface area contributed by atoms with Crippen LogP contribution in [0, 0.1) is 12.8 Å². The van der Waals surface area contributed by atoms with Crippen LogP contribution in [0.3, 0.4) is 0 Å². The van der Waals surface area contributed by atoms with Gasteiger partial charge >= 0.3 is 0 Å². The highest BCUT2D eigenvalue weighted by molar-refractivity contribution is 7.21. The SMILES string of the molecule is COC(C)C1CN(c2ccc3c(n2)CCC(NC(=O)c2sc4nc(C)cnc4c2N)C3)CC1N. The Kier molecular flexibility index (Phi) is 6.13. The van der Waals surface area contributed by atoms with Crippen LogP contribution in [-0.2, 0) is 17.6 Å². The molecule has 5 rings (SSSR count). The molecule has 0 radical (unpaired) electrons. The fraction of sp³-hybridized carbons (Fsp3) is 0.500. The summed E-state index contributed by atoms with van der Waals surface area (Å²) in [6, 6.07) is 4.31. The molecule has 0 aromatic carbocycles. The maximum absolute atomic E-state index is 13.0. The molecule has 2 aliphatic rings. The van der Waals surface area contributed by atoms with E-state index < -0.39 is 0 Å². The predicted octanol–water partition coefficient (Wildman–Crippen LogP) is 2.06. The molecule has 3 aromatic heterocycles. The number of amides is 1. The number of rotatable bonds is 5. The average Bonchev–Trinajstić information content (AvgIpc) is 3.37. The van der Waals surface area contributed by atoms with Gasteiger partial charge in [-0.15, -0.1) is 11.3 Å². The third-order valence-corrected chi connectivity index (χ3v) is 8.15. The Bertz CT molecular complexity index is 1230. The summed E-state index contributed by atoms with van der Waals surface area (Å²) in [6.45, 7) is 5.57. The first kappa shape index (κ1) is 22.9. The van der Waals surface area contributed by atoms with Gasteiger partial charge in [-0.3, -0.25) is 4.79 Å². The minimum Gasteiger partial charge on any atom is -0.396 e. The third-order valence-electron chi connectivity index (χ3n) is 7.06. The lowest BCUT2D eigenvalue weighted by molar-refractivity contribution is 0.0692. The second-order valence-electron chi connectivity index (χ2n) is 9.37. The molecule has 1 saturated heterocycles. The summed E-state index contributed by atoms with van der Waals surface area (Å²) in [5, 5.41) is 3.16. The molecule has 10 heteroatoms. The van der Waals surface area contributed by atoms with Crippen LogP contribution in [0.15, 0.2) is 18.3 Å². The average molecular weight is 482 g/mol. The van der Waals surface area contributed by atoms with Crippen molar-refractivity contribution in [2.45, 2.75) is 51.3 Å². The molecule has 4 unspecified atom stereocenters. The van der Waals surface area contributed by atoms with Crippen LogP contribution in [-0.4, -0.2) is 59.2 Å². The highest BCUT2D eigenvalue weighted by Gasteiger charge is 2.35. The molecular formula is C24H31N7O2S. The van der Waals surface area contributed by atoms with E-state index in [4.69, 9.17) is 21.2 Å². The van der Waals surface area contributed by atoms with E-state index in [0.717, 1.165) is 49.6 Å². The van der Waals surface area contributed by atoms with E-state index in [2.05, 4.69) is 39.2 Å². The fourth-order valence-electron chi connectivity index (χ4n) is 5.00. The Morgan fingerprint density at radius 2 is 2.15 bits per heavy atom. The van der Waals surface area contributed by atoms with Crippen LogP contribution in [0.1, 0.15) is 40.0 Å². The Morgan fingerprint density at radius 1 is 1.32 bits per heavy atom. The van der Waals surface area contributed by atoms with Crippen molar-refractivity contribution in [1.29, 1.82) is 0 Å². The highest BCUT2D eigenvalue weighted by atomic mass is 32.1. The standard InChI is InChI=1S/C24H31N7O2S/c1-12-9-27-21-20(26)22(34-24(21)28-12)23(32)29-15-5-6-18-14(8-15)4-7-19(30-18)31-10-16(13(2)33-3)17(25)11-31/h4,7,9,13,15-17H,5-6,8,10-11,25-26H2,1-3H3,(H,29,32). The van der Waals surface area contributed by atoms with Crippen LogP contribution in [0.25, 0.3) is 10.3 Å². The van der Waals surface area contributed by atoms with Crippen molar-refractivity contribution in [3.8, 4) is 0 Å². The Hall–Kier alpha value is -2.82. The molecule has 34 heavy (non-hydrogen) atoms. The van der Waals surface area contributed by atoms with Crippen molar-refractivity contribution in [2.24, 2.45) is 11.7 Å². The van der Waals surface area contributed by atoms with E-state index in [0.29, 0.717) is 20.9 Å². The zero-order chi connectivity index (χ0) is 24.0. The first-order valence-corrected chi connectivity index (χ1v) is 12.5. The first-order chi connectivity index (χ1) is 16.3. The number of ether oxygens (including phenoxy) is 1. The first-order valence-electron chi connectivity index (χ1n) is 11.7. The molecule has 9 nitrogen and oxygen atoms in total. The van der Waals surface area contributed by atoms with E-state index >= 15 is 0 Å². The van der Waals surface area contributed by atoms with Crippen molar-refractivity contribution < 1.29 is 9.53 Å². The zero-order valence-corrected chi connectivity index (χ0v) is 20.6. The summed E-state index contributed by atoms with van der Waals surface area (Å²) in [5.74, 6) is 1.09. The number of nitrogens with zero attached hydrogens (tertiary/aromatic N) is 4. The summed E-state index contributed by atoms with van der Waals surface area (Å²) in [4.78, 5) is 30.2. The number of hydrogen-bond acceptors (Lipinski definition) is 9. The molecule has 1 fully saturated rings. The third kappa shape index (κ3) is 4.21. The number of carbonyl (C=O) groups is 1. The molecule has 1 aliphatic heterocycles.